The molecule has 3 rings (SSSR count). The molecule has 0 amide bonds. The molecular weight excluding hydrogens is 515 g/mol. The number of nitrogens with one attached hydrogen (secondary N) is 2. The molecule has 0 saturated carbocycles. The van der Waals surface area contributed by atoms with Crippen LogP contribution in [0.15, 0.2) is 46.0 Å². The van der Waals surface area contributed by atoms with Crippen LogP contribution < -0.4 is 10.6 Å². The van der Waals surface area contributed by atoms with Crippen molar-refractivity contribution < 1.29 is 22.0 Å². The van der Waals surface area contributed by atoms with E-state index in [1.807, 2.05) is 12.1 Å². The number of benzene rings is 1. The first-order valence-corrected chi connectivity index (χ1v) is 9.46. The molecule has 1 aromatic heterocycles. The summed E-state index contributed by atoms with van der Waals surface area (Å²) in [5, 5.41) is 6.03. The van der Waals surface area contributed by atoms with Gasteiger partial charge >= 0.3 is 6.18 Å². The molecule has 2 aromatic rings. The number of aliphatic imine (C=N–C) groups is 1. The predicted molar refractivity (Wildman–Crippen MR) is 117 cm³/mol. The van der Waals surface area contributed by atoms with Crippen molar-refractivity contribution in [2.75, 3.05) is 26.7 Å². The molecule has 1 saturated heterocycles. The lowest BCUT2D eigenvalue weighted by atomic mass is 10.1. The lowest BCUT2D eigenvalue weighted by Crippen LogP contribution is -2.42. The lowest BCUT2D eigenvalue weighted by molar-refractivity contribution is -0.138. The van der Waals surface area contributed by atoms with E-state index in [0.717, 1.165) is 43.8 Å². The standard InChI is InChI=1S/C20H24F4N4O.HI/c1-25-19(26-12-14-6-7-15(21)11-16(14)20(22,23)24)27-13-17(18-5-4-10-29-18)28-8-2-3-9-28;/h4-7,10-11,17H,2-3,8-9,12-13H2,1H3,(H2,25,26,27);1H. The fourth-order valence-electron chi connectivity index (χ4n) is 3.50. The second kappa shape index (κ2) is 11.0. The topological polar surface area (TPSA) is 52.8 Å². The Morgan fingerprint density at radius 1 is 1.20 bits per heavy atom. The summed E-state index contributed by atoms with van der Waals surface area (Å²) in [6, 6.07) is 6.40. The summed E-state index contributed by atoms with van der Waals surface area (Å²) in [7, 11) is 1.54. The molecule has 0 bridgehead atoms. The molecule has 0 aliphatic carbocycles. The number of alkyl halides is 3. The summed E-state index contributed by atoms with van der Waals surface area (Å²) in [6.07, 6.45) is -0.765. The Hall–Kier alpha value is -1.82. The van der Waals surface area contributed by atoms with Crippen LogP contribution in [0.2, 0.25) is 0 Å². The third-order valence-corrected chi connectivity index (χ3v) is 4.96. The lowest BCUT2D eigenvalue weighted by Gasteiger charge is -2.26. The third-order valence-electron chi connectivity index (χ3n) is 4.96. The molecule has 2 heterocycles. The van der Waals surface area contributed by atoms with Crippen molar-refractivity contribution in [1.29, 1.82) is 0 Å². The molecule has 1 aliphatic heterocycles. The van der Waals surface area contributed by atoms with Gasteiger partial charge in [0.15, 0.2) is 5.96 Å². The molecule has 166 valence electrons. The van der Waals surface area contributed by atoms with Gasteiger partial charge in [-0.1, -0.05) is 6.07 Å². The van der Waals surface area contributed by atoms with E-state index >= 15 is 0 Å². The van der Waals surface area contributed by atoms with E-state index in [2.05, 4.69) is 20.5 Å². The summed E-state index contributed by atoms with van der Waals surface area (Å²) in [4.78, 5) is 6.39. The number of hydrogen-bond donors (Lipinski definition) is 2. The number of likely N-dealkylation sites (tertiary alicyclic amines) is 1. The number of halogens is 5. The average molecular weight is 540 g/mol. The maximum absolute atomic E-state index is 13.3. The van der Waals surface area contributed by atoms with Gasteiger partial charge in [0, 0.05) is 20.1 Å². The summed E-state index contributed by atoms with van der Waals surface area (Å²) in [5.74, 6) is 0.265. The van der Waals surface area contributed by atoms with Crippen LogP contribution >= 0.6 is 24.0 Å². The first-order valence-electron chi connectivity index (χ1n) is 9.46. The Bertz CT molecular complexity index is 821. The van der Waals surface area contributed by atoms with Gasteiger partial charge in [-0.3, -0.25) is 9.89 Å². The first kappa shape index (κ1) is 24.4. The van der Waals surface area contributed by atoms with Crippen LogP contribution in [-0.4, -0.2) is 37.5 Å². The van der Waals surface area contributed by atoms with E-state index < -0.39 is 17.6 Å². The highest BCUT2D eigenvalue weighted by molar-refractivity contribution is 14.0. The van der Waals surface area contributed by atoms with E-state index in [-0.39, 0.29) is 42.1 Å². The van der Waals surface area contributed by atoms with Crippen molar-refractivity contribution >= 4 is 29.9 Å². The number of rotatable bonds is 6. The van der Waals surface area contributed by atoms with Crippen LogP contribution in [-0.2, 0) is 12.7 Å². The second-order valence-corrected chi connectivity index (χ2v) is 6.88. The fraction of sp³-hybridized carbons (Fsp3) is 0.450. The zero-order valence-corrected chi connectivity index (χ0v) is 18.8. The Labute approximate surface area is 189 Å². The summed E-state index contributed by atoms with van der Waals surface area (Å²) < 4.78 is 58.3. The minimum absolute atomic E-state index is 0. The molecule has 10 heteroatoms. The fourth-order valence-corrected chi connectivity index (χ4v) is 3.50. The number of furan rings is 1. The highest BCUT2D eigenvalue weighted by Gasteiger charge is 2.33. The van der Waals surface area contributed by atoms with Crippen molar-refractivity contribution in [1.82, 2.24) is 15.5 Å². The van der Waals surface area contributed by atoms with Gasteiger partial charge in [-0.15, -0.1) is 24.0 Å². The zero-order chi connectivity index (χ0) is 20.9. The molecule has 30 heavy (non-hydrogen) atoms. The smallest absolute Gasteiger partial charge is 0.416 e. The van der Waals surface area contributed by atoms with Crippen LogP contribution in [0, 0.1) is 5.82 Å². The molecule has 1 aliphatic rings. The van der Waals surface area contributed by atoms with Crippen LogP contribution in [0.4, 0.5) is 17.6 Å². The predicted octanol–water partition coefficient (Wildman–Crippen LogP) is 4.56. The highest BCUT2D eigenvalue weighted by atomic mass is 127. The molecule has 1 unspecified atom stereocenters. The van der Waals surface area contributed by atoms with Crippen LogP contribution in [0.5, 0.6) is 0 Å². The molecule has 1 aromatic carbocycles. The third kappa shape index (κ3) is 6.34. The van der Waals surface area contributed by atoms with Crippen LogP contribution in [0.25, 0.3) is 0 Å². The normalized spacial score (nSPS) is 16.2. The number of nitrogens with zero attached hydrogens (tertiary/aromatic N) is 2. The summed E-state index contributed by atoms with van der Waals surface area (Å²) >= 11 is 0. The van der Waals surface area contributed by atoms with E-state index in [1.54, 1.807) is 13.3 Å². The maximum Gasteiger partial charge on any atom is 0.416 e. The number of hydrogen-bond acceptors (Lipinski definition) is 3. The Morgan fingerprint density at radius 2 is 1.93 bits per heavy atom. The van der Waals surface area contributed by atoms with E-state index in [9.17, 15) is 17.6 Å². The van der Waals surface area contributed by atoms with Crippen LogP contribution in [0.1, 0.15) is 35.8 Å². The molecule has 5 nitrogen and oxygen atoms in total. The monoisotopic (exact) mass is 540 g/mol. The quantitative estimate of drug-likeness (QED) is 0.244. The van der Waals surface area contributed by atoms with Crippen molar-refractivity contribution in [2.24, 2.45) is 4.99 Å². The largest absolute Gasteiger partial charge is 0.468 e. The van der Waals surface area contributed by atoms with Gasteiger partial charge in [-0.2, -0.15) is 13.2 Å². The zero-order valence-electron chi connectivity index (χ0n) is 16.5. The molecule has 0 spiro atoms. The van der Waals surface area contributed by atoms with Gasteiger partial charge in [-0.05, 0) is 55.8 Å². The van der Waals surface area contributed by atoms with Crippen molar-refractivity contribution in [3.05, 3.63) is 59.3 Å². The minimum atomic E-state index is -4.63. The Kier molecular flexibility index (Phi) is 8.95. The first-order chi connectivity index (χ1) is 13.9. The maximum atomic E-state index is 13.3. The Balaban J connectivity index is 0.00000320. The molecular formula is C20H25F4IN4O. The van der Waals surface area contributed by atoms with Gasteiger partial charge in [0.1, 0.15) is 11.6 Å². The van der Waals surface area contributed by atoms with E-state index in [1.165, 1.54) is 0 Å². The Morgan fingerprint density at radius 3 is 2.53 bits per heavy atom. The number of guanidine groups is 1. The van der Waals surface area contributed by atoms with Crippen LogP contribution in [0.3, 0.4) is 0 Å². The van der Waals surface area contributed by atoms with Crippen molar-refractivity contribution in [3.8, 4) is 0 Å². The van der Waals surface area contributed by atoms with Gasteiger partial charge in [0.05, 0.1) is 17.9 Å². The van der Waals surface area contributed by atoms with E-state index in [4.69, 9.17) is 4.42 Å². The van der Waals surface area contributed by atoms with Gasteiger partial charge < -0.3 is 15.1 Å². The second-order valence-electron chi connectivity index (χ2n) is 6.88. The SMILES string of the molecule is CN=C(NCc1ccc(F)cc1C(F)(F)F)NCC(c1ccco1)N1CCCC1.I. The molecule has 2 N–H and O–H groups in total. The van der Waals surface area contributed by atoms with Gasteiger partial charge in [-0.25, -0.2) is 4.39 Å². The summed E-state index contributed by atoms with van der Waals surface area (Å²) in [5.41, 5.74) is -1.05. The van der Waals surface area contributed by atoms with Gasteiger partial charge in [0.25, 0.3) is 0 Å². The summed E-state index contributed by atoms with van der Waals surface area (Å²) in [6.45, 7) is 2.28. The van der Waals surface area contributed by atoms with Crippen molar-refractivity contribution in [2.45, 2.75) is 31.6 Å². The van der Waals surface area contributed by atoms with Gasteiger partial charge in [0.2, 0.25) is 0 Å². The minimum Gasteiger partial charge on any atom is -0.468 e. The highest BCUT2D eigenvalue weighted by Crippen LogP contribution is 2.32. The van der Waals surface area contributed by atoms with Crippen molar-refractivity contribution in [3.63, 3.8) is 0 Å². The average Bonchev–Trinajstić information content (AvgIpc) is 3.39. The molecule has 0 radical (unpaired) electrons. The molecule has 1 atom stereocenters. The molecule has 1 fully saturated rings. The van der Waals surface area contributed by atoms with E-state index in [0.29, 0.717) is 18.6 Å².